The average Bonchev–Trinajstić information content (AvgIpc) is 2.48. The normalized spacial score (nSPS) is 11.5. The van der Waals surface area contributed by atoms with Gasteiger partial charge in [0.25, 0.3) is 10.1 Å². The zero-order valence-electron chi connectivity index (χ0n) is 11.4. The fourth-order valence-electron chi connectivity index (χ4n) is 2.33. The van der Waals surface area contributed by atoms with E-state index in [1.165, 1.54) is 18.2 Å². The zero-order chi connectivity index (χ0) is 15.7. The van der Waals surface area contributed by atoms with Crippen molar-refractivity contribution in [3.05, 3.63) is 60.7 Å². The van der Waals surface area contributed by atoms with Gasteiger partial charge in [-0.2, -0.15) is 8.42 Å². The molecule has 3 N–H and O–H groups in total. The third-order valence-electron chi connectivity index (χ3n) is 3.29. The van der Waals surface area contributed by atoms with Crippen LogP contribution in [0.4, 0.5) is 11.4 Å². The summed E-state index contributed by atoms with van der Waals surface area (Å²) in [6.45, 7) is 0. The number of hydrogen-bond donors (Lipinski definition) is 3. The van der Waals surface area contributed by atoms with Gasteiger partial charge in [0.05, 0.1) is 0 Å². The van der Waals surface area contributed by atoms with Gasteiger partial charge in [-0.25, -0.2) is 0 Å². The van der Waals surface area contributed by atoms with E-state index in [-0.39, 0.29) is 10.6 Å². The number of nitrogens with one attached hydrogen (secondary N) is 1. The number of benzene rings is 3. The molecule has 0 unspecified atom stereocenters. The molecule has 0 fully saturated rings. The molecule has 3 aromatic rings. The SMILES string of the molecule is O=S(=O)(O)c1cccc2cccc(Nc3ccc(O)cc3)c12. The number of phenols is 1. The number of anilines is 2. The lowest BCUT2D eigenvalue weighted by atomic mass is 10.1. The van der Waals surface area contributed by atoms with E-state index in [9.17, 15) is 18.1 Å². The summed E-state index contributed by atoms with van der Waals surface area (Å²) in [4.78, 5) is -0.146. The van der Waals surface area contributed by atoms with Crippen LogP contribution in [0.2, 0.25) is 0 Å². The van der Waals surface area contributed by atoms with E-state index in [2.05, 4.69) is 5.32 Å². The summed E-state index contributed by atoms with van der Waals surface area (Å²) in [5, 5.41) is 13.5. The first-order chi connectivity index (χ1) is 10.4. The van der Waals surface area contributed by atoms with E-state index in [0.717, 1.165) is 0 Å². The summed E-state index contributed by atoms with van der Waals surface area (Å²) >= 11 is 0. The van der Waals surface area contributed by atoms with E-state index in [4.69, 9.17) is 0 Å². The molecule has 0 aliphatic carbocycles. The monoisotopic (exact) mass is 315 g/mol. The molecule has 22 heavy (non-hydrogen) atoms. The molecule has 0 aromatic heterocycles. The number of fused-ring (bicyclic) bond motifs is 1. The Morgan fingerprint density at radius 3 is 2.14 bits per heavy atom. The molecule has 112 valence electrons. The van der Waals surface area contributed by atoms with Crippen LogP contribution in [0.15, 0.2) is 65.6 Å². The second-order valence-electron chi connectivity index (χ2n) is 4.81. The van der Waals surface area contributed by atoms with E-state index in [1.54, 1.807) is 42.5 Å². The molecule has 0 saturated carbocycles. The Labute approximate surface area is 127 Å². The first-order valence-electron chi connectivity index (χ1n) is 6.50. The molecule has 0 aliphatic heterocycles. The quantitative estimate of drug-likeness (QED) is 0.508. The minimum absolute atomic E-state index is 0.141. The van der Waals surface area contributed by atoms with Crippen molar-refractivity contribution in [1.29, 1.82) is 0 Å². The average molecular weight is 315 g/mol. The zero-order valence-corrected chi connectivity index (χ0v) is 12.2. The van der Waals surface area contributed by atoms with E-state index >= 15 is 0 Å². The fraction of sp³-hybridized carbons (Fsp3) is 0. The predicted molar refractivity (Wildman–Crippen MR) is 85.2 cm³/mol. The van der Waals surface area contributed by atoms with E-state index in [0.29, 0.717) is 22.1 Å². The van der Waals surface area contributed by atoms with Gasteiger partial charge in [-0.3, -0.25) is 4.55 Å². The van der Waals surface area contributed by atoms with Crippen molar-refractivity contribution in [2.75, 3.05) is 5.32 Å². The molecule has 0 amide bonds. The lowest BCUT2D eigenvalue weighted by molar-refractivity contribution is 0.475. The molecule has 5 nitrogen and oxygen atoms in total. The molecule has 0 heterocycles. The van der Waals surface area contributed by atoms with Crippen molar-refractivity contribution in [2.45, 2.75) is 4.90 Å². The van der Waals surface area contributed by atoms with Crippen LogP contribution in [0, 0.1) is 0 Å². The van der Waals surface area contributed by atoms with Crippen molar-refractivity contribution in [3.63, 3.8) is 0 Å². The predicted octanol–water partition coefficient (Wildman–Crippen LogP) is 3.54. The summed E-state index contributed by atoms with van der Waals surface area (Å²) in [7, 11) is -4.33. The van der Waals surface area contributed by atoms with Crippen LogP contribution in [0.1, 0.15) is 0 Å². The van der Waals surface area contributed by atoms with Gasteiger partial charge in [-0.15, -0.1) is 0 Å². The van der Waals surface area contributed by atoms with Gasteiger partial charge >= 0.3 is 0 Å². The largest absolute Gasteiger partial charge is 0.508 e. The van der Waals surface area contributed by atoms with Crippen LogP contribution < -0.4 is 5.32 Å². The summed E-state index contributed by atoms with van der Waals surface area (Å²) in [6.07, 6.45) is 0. The first-order valence-corrected chi connectivity index (χ1v) is 7.94. The maximum Gasteiger partial charge on any atom is 0.295 e. The van der Waals surface area contributed by atoms with Crippen molar-refractivity contribution in [2.24, 2.45) is 0 Å². The Morgan fingerprint density at radius 2 is 1.50 bits per heavy atom. The molecular formula is C16H13NO4S. The number of hydrogen-bond acceptors (Lipinski definition) is 4. The minimum atomic E-state index is -4.33. The van der Waals surface area contributed by atoms with Crippen LogP contribution >= 0.6 is 0 Å². The Balaban J connectivity index is 2.19. The van der Waals surface area contributed by atoms with Gasteiger partial charge in [-0.1, -0.05) is 24.3 Å². The number of rotatable bonds is 3. The lowest BCUT2D eigenvalue weighted by Gasteiger charge is -2.12. The Kier molecular flexibility index (Phi) is 3.48. The van der Waals surface area contributed by atoms with Crippen molar-refractivity contribution in [1.82, 2.24) is 0 Å². The van der Waals surface area contributed by atoms with Crippen molar-refractivity contribution >= 4 is 32.3 Å². The molecule has 3 aromatic carbocycles. The Morgan fingerprint density at radius 1 is 0.864 bits per heavy atom. The van der Waals surface area contributed by atoms with Gasteiger partial charge in [0, 0.05) is 16.8 Å². The molecule has 0 saturated heterocycles. The van der Waals surface area contributed by atoms with E-state index in [1.807, 2.05) is 0 Å². The highest BCUT2D eigenvalue weighted by Crippen LogP contribution is 2.32. The van der Waals surface area contributed by atoms with Crippen LogP contribution in [0.25, 0.3) is 10.8 Å². The van der Waals surface area contributed by atoms with Crippen LogP contribution in [0.3, 0.4) is 0 Å². The second-order valence-corrected chi connectivity index (χ2v) is 6.20. The highest BCUT2D eigenvalue weighted by molar-refractivity contribution is 7.86. The summed E-state index contributed by atoms with van der Waals surface area (Å²) in [6, 6.07) is 16.4. The molecular weight excluding hydrogens is 302 g/mol. The fourth-order valence-corrected chi connectivity index (χ4v) is 3.06. The summed E-state index contributed by atoms with van der Waals surface area (Å²) in [5.41, 5.74) is 1.24. The van der Waals surface area contributed by atoms with Crippen LogP contribution in [-0.2, 0) is 10.1 Å². The highest BCUT2D eigenvalue weighted by atomic mass is 32.2. The second kappa shape index (κ2) is 5.32. The van der Waals surface area contributed by atoms with Crippen molar-refractivity contribution in [3.8, 4) is 5.75 Å². The maximum absolute atomic E-state index is 11.6. The minimum Gasteiger partial charge on any atom is -0.508 e. The molecule has 0 radical (unpaired) electrons. The van der Waals surface area contributed by atoms with E-state index < -0.39 is 10.1 Å². The summed E-state index contributed by atoms with van der Waals surface area (Å²) < 4.78 is 32.6. The van der Waals surface area contributed by atoms with Gasteiger partial charge in [0.1, 0.15) is 10.6 Å². The lowest BCUT2D eigenvalue weighted by Crippen LogP contribution is -2.01. The topological polar surface area (TPSA) is 86.6 Å². The van der Waals surface area contributed by atoms with Crippen LogP contribution in [-0.4, -0.2) is 18.1 Å². The van der Waals surface area contributed by atoms with Crippen molar-refractivity contribution < 1.29 is 18.1 Å². The Bertz CT molecular complexity index is 929. The highest BCUT2D eigenvalue weighted by Gasteiger charge is 2.16. The molecule has 3 rings (SSSR count). The standard InChI is InChI=1S/C16H13NO4S/c18-13-9-7-12(8-10-13)17-14-5-1-3-11-4-2-6-15(16(11)14)22(19,20)21/h1-10,17-18H,(H,19,20,21). The summed E-state index contributed by atoms with van der Waals surface area (Å²) in [5.74, 6) is 0.141. The molecule has 0 spiro atoms. The molecule has 0 atom stereocenters. The van der Waals surface area contributed by atoms with Gasteiger partial charge in [-0.05, 0) is 41.8 Å². The van der Waals surface area contributed by atoms with Gasteiger partial charge in [0.2, 0.25) is 0 Å². The first kappa shape index (κ1) is 14.4. The molecule has 6 heteroatoms. The molecule has 0 bridgehead atoms. The number of aromatic hydroxyl groups is 1. The third kappa shape index (κ3) is 2.74. The van der Waals surface area contributed by atoms with Gasteiger partial charge in [0.15, 0.2) is 0 Å². The maximum atomic E-state index is 11.6. The Hall–Kier alpha value is -2.57. The van der Waals surface area contributed by atoms with Crippen LogP contribution in [0.5, 0.6) is 5.75 Å². The third-order valence-corrected chi connectivity index (χ3v) is 4.19. The smallest absolute Gasteiger partial charge is 0.295 e. The van der Waals surface area contributed by atoms with Gasteiger partial charge < -0.3 is 10.4 Å². The number of phenolic OH excluding ortho intramolecular Hbond substituents is 1. The molecule has 0 aliphatic rings.